The molecule has 33 heavy (non-hydrogen) atoms. The molecular formula is C23H29FN6O3. The van der Waals surface area contributed by atoms with Crippen LogP contribution in [0, 0.1) is 28.5 Å². The second-order valence-corrected chi connectivity index (χ2v) is 9.44. The zero-order valence-corrected chi connectivity index (χ0v) is 19.0. The summed E-state index contributed by atoms with van der Waals surface area (Å²) in [6, 6.07) is 7.20. The molecular weight excluding hydrogens is 427 g/mol. The summed E-state index contributed by atoms with van der Waals surface area (Å²) in [4.78, 5) is 25.3. The Labute approximate surface area is 192 Å². The van der Waals surface area contributed by atoms with E-state index in [1.807, 2.05) is 20.8 Å². The molecule has 9 nitrogen and oxygen atoms in total. The van der Waals surface area contributed by atoms with Gasteiger partial charge in [0.05, 0.1) is 18.5 Å². The van der Waals surface area contributed by atoms with Crippen molar-refractivity contribution in [1.82, 2.24) is 14.7 Å². The van der Waals surface area contributed by atoms with Gasteiger partial charge in [0, 0.05) is 24.5 Å². The van der Waals surface area contributed by atoms with Crippen LogP contribution in [-0.4, -0.2) is 44.4 Å². The predicted molar refractivity (Wildman–Crippen MR) is 120 cm³/mol. The van der Waals surface area contributed by atoms with Gasteiger partial charge < -0.3 is 21.1 Å². The number of rotatable bonds is 6. The standard InChI is InChI=1S/C23H29FN6O3/c1-23(2,3)19-12-14(9-11-29(19)22(32)33)18(8-10-25)30-13-17(20(26)31)21(28-30)27-16-6-4-15(24)5-7-16/h4-7,13-14,18-19H,8-9,11-12H2,1-3H3,(H2,26,31)(H,27,28)(H,32,33)/t14?,18-,19?/m0/s1. The zero-order chi connectivity index (χ0) is 24.3. The molecule has 0 bridgehead atoms. The van der Waals surface area contributed by atoms with Gasteiger partial charge in [0.1, 0.15) is 11.4 Å². The van der Waals surface area contributed by atoms with Gasteiger partial charge in [-0.2, -0.15) is 10.4 Å². The van der Waals surface area contributed by atoms with Crippen LogP contribution in [0.4, 0.5) is 20.7 Å². The molecule has 0 aliphatic carbocycles. The monoisotopic (exact) mass is 456 g/mol. The fraction of sp³-hybridized carbons (Fsp3) is 0.478. The summed E-state index contributed by atoms with van der Waals surface area (Å²) in [5, 5.41) is 26.7. The predicted octanol–water partition coefficient (Wildman–Crippen LogP) is 4.12. The third-order valence-electron chi connectivity index (χ3n) is 6.18. The molecule has 3 atom stereocenters. The van der Waals surface area contributed by atoms with Crippen LogP contribution in [0.5, 0.6) is 0 Å². The van der Waals surface area contributed by atoms with Crippen molar-refractivity contribution < 1.29 is 19.1 Å². The molecule has 1 aliphatic heterocycles. The normalized spacial score (nSPS) is 19.5. The summed E-state index contributed by atoms with van der Waals surface area (Å²) < 4.78 is 14.8. The van der Waals surface area contributed by atoms with Gasteiger partial charge in [-0.3, -0.25) is 9.48 Å². The molecule has 0 radical (unpaired) electrons. The minimum absolute atomic E-state index is 0.0243. The molecule has 3 rings (SSSR count). The number of likely N-dealkylation sites (tertiary alicyclic amines) is 1. The van der Waals surface area contributed by atoms with Gasteiger partial charge in [-0.05, 0) is 48.4 Å². The number of hydrogen-bond acceptors (Lipinski definition) is 5. The number of carboxylic acid groups (broad SMARTS) is 1. The lowest BCUT2D eigenvalue weighted by molar-refractivity contribution is 0.0282. The van der Waals surface area contributed by atoms with Crippen molar-refractivity contribution >= 4 is 23.5 Å². The molecule has 4 N–H and O–H groups in total. The van der Waals surface area contributed by atoms with Crippen molar-refractivity contribution in [3.05, 3.63) is 41.8 Å². The van der Waals surface area contributed by atoms with Gasteiger partial charge in [0.2, 0.25) is 0 Å². The number of nitriles is 1. The Morgan fingerprint density at radius 3 is 2.58 bits per heavy atom. The van der Waals surface area contributed by atoms with E-state index >= 15 is 0 Å². The number of halogens is 1. The van der Waals surface area contributed by atoms with Gasteiger partial charge in [0.25, 0.3) is 5.91 Å². The lowest BCUT2D eigenvalue weighted by Gasteiger charge is -2.46. The van der Waals surface area contributed by atoms with Crippen molar-refractivity contribution in [2.24, 2.45) is 17.1 Å². The second-order valence-electron chi connectivity index (χ2n) is 9.44. The van der Waals surface area contributed by atoms with E-state index in [0.29, 0.717) is 25.1 Å². The highest BCUT2D eigenvalue weighted by atomic mass is 19.1. The van der Waals surface area contributed by atoms with Crippen LogP contribution in [0.3, 0.4) is 0 Å². The number of hydrogen-bond donors (Lipinski definition) is 3. The average molecular weight is 457 g/mol. The number of piperidine rings is 1. The number of aromatic nitrogens is 2. The van der Waals surface area contributed by atoms with E-state index in [1.54, 1.807) is 4.68 Å². The molecule has 0 saturated carbocycles. The van der Waals surface area contributed by atoms with Crippen LogP contribution in [0.2, 0.25) is 0 Å². The molecule has 10 heteroatoms. The highest BCUT2D eigenvalue weighted by Crippen LogP contribution is 2.40. The van der Waals surface area contributed by atoms with Gasteiger partial charge in [-0.25, -0.2) is 9.18 Å². The van der Waals surface area contributed by atoms with E-state index < -0.39 is 17.8 Å². The summed E-state index contributed by atoms with van der Waals surface area (Å²) >= 11 is 0. The summed E-state index contributed by atoms with van der Waals surface area (Å²) in [5.74, 6) is -0.887. The third kappa shape index (κ3) is 5.42. The van der Waals surface area contributed by atoms with Crippen molar-refractivity contribution in [1.29, 1.82) is 5.26 Å². The SMILES string of the molecule is CC(C)(C)C1CC([C@H](CC#N)n2cc(C(N)=O)c(Nc3ccc(F)cc3)n2)CCN1C(=O)O. The topological polar surface area (TPSA) is 137 Å². The number of nitrogens with two attached hydrogens (primary N) is 1. The molecule has 2 amide bonds. The highest BCUT2D eigenvalue weighted by Gasteiger charge is 2.41. The molecule has 1 aromatic carbocycles. The number of carbonyl (C=O) groups is 2. The van der Waals surface area contributed by atoms with Crippen LogP contribution in [0.15, 0.2) is 30.5 Å². The molecule has 2 aromatic rings. The summed E-state index contributed by atoms with van der Waals surface area (Å²) in [5.41, 5.74) is 5.96. The molecule has 1 saturated heterocycles. The number of nitrogens with zero attached hydrogens (tertiary/aromatic N) is 4. The molecule has 0 spiro atoms. The fourth-order valence-corrected chi connectivity index (χ4v) is 4.47. The summed E-state index contributed by atoms with van der Waals surface area (Å²) in [6.07, 6.45) is 1.84. The summed E-state index contributed by atoms with van der Waals surface area (Å²) in [6.45, 7) is 6.35. The number of primary amides is 1. The highest BCUT2D eigenvalue weighted by molar-refractivity contribution is 5.98. The Hall–Kier alpha value is -3.61. The van der Waals surface area contributed by atoms with E-state index in [0.717, 1.165) is 0 Å². The fourth-order valence-electron chi connectivity index (χ4n) is 4.47. The zero-order valence-electron chi connectivity index (χ0n) is 19.0. The van der Waals surface area contributed by atoms with Crippen molar-refractivity contribution in [2.45, 2.75) is 52.1 Å². The maximum atomic E-state index is 13.2. The lowest BCUT2D eigenvalue weighted by atomic mass is 9.74. The quantitative estimate of drug-likeness (QED) is 0.598. The third-order valence-corrected chi connectivity index (χ3v) is 6.18. The van der Waals surface area contributed by atoms with Crippen molar-refractivity contribution in [3.8, 4) is 6.07 Å². The first-order valence-corrected chi connectivity index (χ1v) is 10.8. The Morgan fingerprint density at radius 1 is 1.36 bits per heavy atom. The van der Waals surface area contributed by atoms with E-state index in [2.05, 4.69) is 16.5 Å². The number of benzene rings is 1. The maximum Gasteiger partial charge on any atom is 0.407 e. The molecule has 2 heterocycles. The number of nitrogens with one attached hydrogen (secondary N) is 1. The minimum Gasteiger partial charge on any atom is -0.465 e. The van der Waals surface area contributed by atoms with Gasteiger partial charge in [0.15, 0.2) is 5.82 Å². The van der Waals surface area contributed by atoms with Crippen molar-refractivity contribution in [3.63, 3.8) is 0 Å². The number of anilines is 2. The molecule has 176 valence electrons. The maximum absolute atomic E-state index is 13.2. The van der Waals surface area contributed by atoms with Gasteiger partial charge in [-0.1, -0.05) is 20.8 Å². The molecule has 1 aromatic heterocycles. The number of carbonyl (C=O) groups excluding carboxylic acids is 1. The van der Waals surface area contributed by atoms with E-state index in [-0.39, 0.29) is 41.2 Å². The van der Waals surface area contributed by atoms with Crippen LogP contribution >= 0.6 is 0 Å². The minimum atomic E-state index is -0.953. The van der Waals surface area contributed by atoms with Gasteiger partial charge in [-0.15, -0.1) is 0 Å². The molecule has 1 aliphatic rings. The molecule has 2 unspecified atom stereocenters. The second kappa shape index (κ2) is 9.48. The van der Waals surface area contributed by atoms with Crippen molar-refractivity contribution in [2.75, 3.05) is 11.9 Å². The van der Waals surface area contributed by atoms with Crippen LogP contribution in [0.1, 0.15) is 56.4 Å². The largest absolute Gasteiger partial charge is 0.465 e. The first-order chi connectivity index (χ1) is 15.5. The Bertz CT molecular complexity index is 1050. The first kappa shape index (κ1) is 24.0. The van der Waals surface area contributed by atoms with E-state index in [9.17, 15) is 24.3 Å². The Morgan fingerprint density at radius 2 is 2.03 bits per heavy atom. The smallest absolute Gasteiger partial charge is 0.407 e. The van der Waals surface area contributed by atoms with E-state index in [1.165, 1.54) is 35.4 Å². The first-order valence-electron chi connectivity index (χ1n) is 10.8. The van der Waals surface area contributed by atoms with Crippen LogP contribution < -0.4 is 11.1 Å². The number of amides is 2. The summed E-state index contributed by atoms with van der Waals surface area (Å²) in [7, 11) is 0. The van der Waals surface area contributed by atoms with Crippen LogP contribution in [-0.2, 0) is 0 Å². The Kier molecular flexibility index (Phi) is 6.91. The van der Waals surface area contributed by atoms with E-state index in [4.69, 9.17) is 5.73 Å². The average Bonchev–Trinajstić information content (AvgIpc) is 3.16. The van der Waals surface area contributed by atoms with Crippen LogP contribution in [0.25, 0.3) is 0 Å². The molecule has 1 fully saturated rings. The van der Waals surface area contributed by atoms with Gasteiger partial charge >= 0.3 is 6.09 Å². The Balaban J connectivity index is 1.93. The lowest BCUT2D eigenvalue weighted by Crippen LogP contribution is -2.52.